The minimum atomic E-state index is -0.259. The summed E-state index contributed by atoms with van der Waals surface area (Å²) in [6, 6.07) is 17.3. The smallest absolute Gasteiger partial charge is 0.103 e. The van der Waals surface area contributed by atoms with Gasteiger partial charge in [-0.25, -0.2) is 0 Å². The van der Waals surface area contributed by atoms with Gasteiger partial charge in [-0.3, -0.25) is 15.0 Å². The first-order chi connectivity index (χ1) is 18.3. The summed E-state index contributed by atoms with van der Waals surface area (Å²) in [6.45, 7) is 6.18. The van der Waals surface area contributed by atoms with Crippen molar-refractivity contribution in [3.05, 3.63) is 99.7 Å². The van der Waals surface area contributed by atoms with Gasteiger partial charge >= 0.3 is 0 Å². The van der Waals surface area contributed by atoms with E-state index in [0.29, 0.717) is 32.2 Å². The third-order valence-electron chi connectivity index (χ3n) is 6.28. The van der Waals surface area contributed by atoms with E-state index >= 15 is 0 Å². The molecule has 1 aliphatic rings. The number of pyridine rings is 2. The Kier molecular flexibility index (Phi) is 7.25. The average molecular weight is 545 g/mol. The lowest BCUT2D eigenvalue weighted by Crippen LogP contribution is -2.41. The Morgan fingerprint density at radius 3 is 2.61 bits per heavy atom. The second kappa shape index (κ2) is 10.8. The number of nitrogens with one attached hydrogen (secondary N) is 4. The summed E-state index contributed by atoms with van der Waals surface area (Å²) >= 11 is 12.9. The molecule has 0 amide bonds. The number of hydrogen-bond acceptors (Lipinski definition) is 8. The first-order valence-electron chi connectivity index (χ1n) is 12.1. The fourth-order valence-electron chi connectivity index (χ4n) is 4.33. The molecule has 0 aliphatic carbocycles. The van der Waals surface area contributed by atoms with Crippen LogP contribution in [0.4, 0.5) is 17.1 Å². The van der Waals surface area contributed by atoms with E-state index in [1.807, 2.05) is 54.5 Å². The van der Waals surface area contributed by atoms with E-state index in [9.17, 15) is 5.26 Å². The van der Waals surface area contributed by atoms with Gasteiger partial charge in [0.15, 0.2) is 0 Å². The number of benzene rings is 2. The van der Waals surface area contributed by atoms with Gasteiger partial charge in [0.05, 0.1) is 33.5 Å². The summed E-state index contributed by atoms with van der Waals surface area (Å²) in [5.41, 5.74) is 12.4. The van der Waals surface area contributed by atoms with Crippen molar-refractivity contribution in [2.45, 2.75) is 32.9 Å². The summed E-state index contributed by atoms with van der Waals surface area (Å²) in [5.74, 6) is 0. The van der Waals surface area contributed by atoms with E-state index in [1.54, 1.807) is 18.3 Å². The largest absolute Gasteiger partial charge is 0.373 e. The first-order valence-corrected chi connectivity index (χ1v) is 12.8. The van der Waals surface area contributed by atoms with E-state index in [1.165, 1.54) is 6.20 Å². The van der Waals surface area contributed by atoms with Gasteiger partial charge in [-0.2, -0.15) is 5.26 Å². The van der Waals surface area contributed by atoms with Crippen LogP contribution in [0.1, 0.15) is 36.7 Å². The van der Waals surface area contributed by atoms with Crippen LogP contribution in [0.5, 0.6) is 0 Å². The van der Waals surface area contributed by atoms with Gasteiger partial charge in [0.25, 0.3) is 0 Å². The molecule has 192 valence electrons. The Hall–Kier alpha value is -4.03. The van der Waals surface area contributed by atoms with Crippen LogP contribution in [0.15, 0.2) is 72.8 Å². The molecule has 0 saturated carbocycles. The van der Waals surface area contributed by atoms with Crippen molar-refractivity contribution in [1.82, 2.24) is 25.9 Å². The zero-order valence-corrected chi connectivity index (χ0v) is 22.6. The highest BCUT2D eigenvalue weighted by atomic mass is 35.5. The minimum Gasteiger partial charge on any atom is -0.373 e. The molecule has 4 aromatic rings. The molecule has 0 radical (unpaired) electrons. The standard InChI is InChI=1S/C28H26Cl2N8/c1-16(2)38-15-25(36-37-38)28(22-8-5-9-32-17(22)3)35-21-11-23-26(34-20-7-4-6-19(29)10-20)18(13-31)14-33-27(23)24(30)12-21/h4-12,14-16,28,35-37H,1-3H3,(H,33,34)/t28-/m0/s1. The van der Waals surface area contributed by atoms with Gasteiger partial charge < -0.3 is 16.1 Å². The van der Waals surface area contributed by atoms with Crippen molar-refractivity contribution in [2.75, 3.05) is 10.6 Å². The topological polar surface area (TPSA) is 101 Å². The van der Waals surface area contributed by atoms with Gasteiger partial charge in [0, 0.05) is 57.7 Å². The molecular weight excluding hydrogens is 519 g/mol. The number of nitrogens with zero attached hydrogens (tertiary/aromatic N) is 4. The third kappa shape index (κ3) is 5.18. The monoisotopic (exact) mass is 544 g/mol. The highest BCUT2D eigenvalue weighted by Crippen LogP contribution is 2.37. The summed E-state index contributed by atoms with van der Waals surface area (Å²) < 4.78 is 0. The average Bonchev–Trinajstić information content (AvgIpc) is 3.39. The van der Waals surface area contributed by atoms with Crippen LogP contribution in [0.2, 0.25) is 10.0 Å². The highest BCUT2D eigenvalue weighted by molar-refractivity contribution is 6.36. The molecule has 8 nitrogen and oxygen atoms in total. The van der Waals surface area contributed by atoms with E-state index in [0.717, 1.165) is 28.3 Å². The normalized spacial score (nSPS) is 13.7. The lowest BCUT2D eigenvalue weighted by atomic mass is 10.0. The van der Waals surface area contributed by atoms with E-state index in [2.05, 4.69) is 51.5 Å². The molecule has 0 spiro atoms. The zero-order valence-electron chi connectivity index (χ0n) is 21.1. The molecule has 0 unspecified atom stereocenters. The summed E-state index contributed by atoms with van der Waals surface area (Å²) in [6.07, 6.45) is 5.34. The van der Waals surface area contributed by atoms with E-state index < -0.39 is 0 Å². The van der Waals surface area contributed by atoms with E-state index in [-0.39, 0.29) is 12.1 Å². The number of aromatic nitrogens is 2. The van der Waals surface area contributed by atoms with Crippen molar-refractivity contribution < 1.29 is 0 Å². The Morgan fingerprint density at radius 1 is 1.05 bits per heavy atom. The maximum absolute atomic E-state index is 9.85. The number of nitriles is 1. The maximum Gasteiger partial charge on any atom is 0.103 e. The third-order valence-corrected chi connectivity index (χ3v) is 6.81. The zero-order chi connectivity index (χ0) is 26.8. The number of hydrazine groups is 2. The molecule has 38 heavy (non-hydrogen) atoms. The Bertz CT molecular complexity index is 1580. The molecule has 5 rings (SSSR count). The van der Waals surface area contributed by atoms with Crippen LogP contribution in [0.25, 0.3) is 10.9 Å². The molecule has 0 fully saturated rings. The fourth-order valence-corrected chi connectivity index (χ4v) is 4.79. The molecule has 1 aliphatic heterocycles. The predicted octanol–water partition coefficient (Wildman–Crippen LogP) is 6.59. The van der Waals surface area contributed by atoms with Gasteiger partial charge in [0.1, 0.15) is 6.07 Å². The minimum absolute atomic E-state index is 0.251. The van der Waals surface area contributed by atoms with Gasteiger partial charge in [-0.05, 0) is 57.2 Å². The molecule has 3 heterocycles. The van der Waals surface area contributed by atoms with Crippen molar-refractivity contribution in [3.8, 4) is 6.07 Å². The molecule has 0 bridgehead atoms. The highest BCUT2D eigenvalue weighted by Gasteiger charge is 2.25. The molecule has 0 saturated heterocycles. The van der Waals surface area contributed by atoms with Crippen molar-refractivity contribution in [3.63, 3.8) is 0 Å². The molecule has 10 heteroatoms. The van der Waals surface area contributed by atoms with Crippen molar-refractivity contribution >= 4 is 51.2 Å². The summed E-state index contributed by atoms with van der Waals surface area (Å²) in [4.78, 5) is 8.98. The lowest BCUT2D eigenvalue weighted by molar-refractivity contribution is 0.221. The number of anilines is 3. The summed E-state index contributed by atoms with van der Waals surface area (Å²) in [5, 5.41) is 20.6. The Morgan fingerprint density at radius 2 is 1.89 bits per heavy atom. The Labute approximate surface area is 231 Å². The second-order valence-electron chi connectivity index (χ2n) is 9.23. The number of rotatable bonds is 7. The molecular formula is C28H26Cl2N8. The van der Waals surface area contributed by atoms with E-state index in [4.69, 9.17) is 23.2 Å². The van der Waals surface area contributed by atoms with Crippen LogP contribution in [0, 0.1) is 18.3 Å². The van der Waals surface area contributed by atoms with Crippen molar-refractivity contribution in [1.29, 1.82) is 5.26 Å². The number of halogens is 2. The van der Waals surface area contributed by atoms with Gasteiger partial charge in [0.2, 0.25) is 0 Å². The second-order valence-corrected chi connectivity index (χ2v) is 10.1. The molecule has 1 atom stereocenters. The number of fused-ring (bicyclic) bond motifs is 1. The fraction of sp³-hybridized carbons (Fsp3) is 0.179. The van der Waals surface area contributed by atoms with Gasteiger partial charge in [-0.1, -0.05) is 35.3 Å². The quantitative estimate of drug-likeness (QED) is 0.207. The van der Waals surface area contributed by atoms with Crippen LogP contribution in [0.3, 0.4) is 0 Å². The Balaban J connectivity index is 1.61. The predicted molar refractivity (Wildman–Crippen MR) is 153 cm³/mol. The van der Waals surface area contributed by atoms with Crippen LogP contribution < -0.4 is 21.6 Å². The summed E-state index contributed by atoms with van der Waals surface area (Å²) in [7, 11) is 0. The molecule has 2 aromatic heterocycles. The van der Waals surface area contributed by atoms with Crippen LogP contribution >= 0.6 is 23.2 Å². The SMILES string of the molecule is Cc1ncccc1[C@H](Nc1cc(Cl)c2ncc(C#N)c(Nc3cccc(Cl)c3)c2c1)C1=CN(C(C)C)NN1. The lowest BCUT2D eigenvalue weighted by Gasteiger charge is -2.23. The van der Waals surface area contributed by atoms with Crippen LogP contribution in [-0.2, 0) is 0 Å². The number of hydrogen-bond donors (Lipinski definition) is 4. The van der Waals surface area contributed by atoms with Crippen molar-refractivity contribution in [2.24, 2.45) is 0 Å². The number of aryl methyl sites for hydroxylation is 1. The molecule has 2 aromatic carbocycles. The van der Waals surface area contributed by atoms with Crippen LogP contribution in [-0.4, -0.2) is 21.0 Å². The molecule has 4 N–H and O–H groups in total. The van der Waals surface area contributed by atoms with Gasteiger partial charge in [-0.15, -0.1) is 5.53 Å². The maximum atomic E-state index is 9.85. The first kappa shape index (κ1) is 25.6.